The monoisotopic (exact) mass is 212 g/mol. The third kappa shape index (κ3) is 2.43. The molecule has 0 aliphatic carbocycles. The third-order valence-corrected chi connectivity index (χ3v) is 2.09. The minimum Gasteiger partial charge on any atom is -0.481 e. The van der Waals surface area contributed by atoms with Crippen LogP contribution >= 0.6 is 0 Å². The van der Waals surface area contributed by atoms with Crippen LogP contribution in [0.4, 0.5) is 14.5 Å². The Bertz CT molecular complexity index is 382. The normalized spacial score (nSPS) is 18.9. The second-order valence-corrected chi connectivity index (χ2v) is 3.25. The van der Waals surface area contributed by atoms with Crippen LogP contribution in [0.1, 0.15) is 0 Å². The Morgan fingerprint density at radius 3 is 3.00 bits per heavy atom. The molecule has 0 saturated heterocycles. The first-order chi connectivity index (χ1) is 7.25. The van der Waals surface area contributed by atoms with Crippen molar-refractivity contribution in [3.8, 4) is 0 Å². The molecule has 1 aromatic rings. The molecule has 5 heteroatoms. The standard InChI is InChI=1S/C10H10F2N2O/c11-7-1-2-10(9(12)3-7)13-4-8-5-15-6-14-8/h1-3,6,8,13H,4-5H2. The predicted octanol–water partition coefficient (Wildman–Crippen LogP) is 1.80. The maximum Gasteiger partial charge on any atom is 0.169 e. The Labute approximate surface area is 85.8 Å². The summed E-state index contributed by atoms with van der Waals surface area (Å²) >= 11 is 0. The molecule has 0 amide bonds. The Morgan fingerprint density at radius 2 is 2.33 bits per heavy atom. The van der Waals surface area contributed by atoms with Crippen molar-refractivity contribution in [1.82, 2.24) is 0 Å². The molecule has 0 saturated carbocycles. The van der Waals surface area contributed by atoms with E-state index < -0.39 is 11.6 Å². The first-order valence-corrected chi connectivity index (χ1v) is 4.58. The molecule has 3 nitrogen and oxygen atoms in total. The summed E-state index contributed by atoms with van der Waals surface area (Å²) < 4.78 is 30.6. The van der Waals surface area contributed by atoms with Crippen molar-refractivity contribution < 1.29 is 13.5 Å². The van der Waals surface area contributed by atoms with Gasteiger partial charge in [-0.15, -0.1) is 0 Å². The van der Waals surface area contributed by atoms with E-state index in [1.54, 1.807) is 0 Å². The van der Waals surface area contributed by atoms with E-state index in [2.05, 4.69) is 10.3 Å². The van der Waals surface area contributed by atoms with Gasteiger partial charge >= 0.3 is 0 Å². The largest absolute Gasteiger partial charge is 0.481 e. The van der Waals surface area contributed by atoms with Gasteiger partial charge in [-0.1, -0.05) is 0 Å². The molecule has 1 heterocycles. The lowest BCUT2D eigenvalue weighted by Crippen LogP contribution is -2.19. The van der Waals surface area contributed by atoms with Gasteiger partial charge in [0.15, 0.2) is 6.40 Å². The minimum atomic E-state index is -0.599. The van der Waals surface area contributed by atoms with Gasteiger partial charge in [-0.05, 0) is 12.1 Å². The zero-order valence-electron chi connectivity index (χ0n) is 7.91. The van der Waals surface area contributed by atoms with Gasteiger partial charge in [-0.3, -0.25) is 0 Å². The number of hydrogen-bond donors (Lipinski definition) is 1. The van der Waals surface area contributed by atoms with Crippen LogP contribution in [-0.4, -0.2) is 25.6 Å². The number of nitrogens with one attached hydrogen (secondary N) is 1. The topological polar surface area (TPSA) is 33.6 Å². The van der Waals surface area contributed by atoms with E-state index in [0.717, 1.165) is 6.07 Å². The maximum absolute atomic E-state index is 13.2. The van der Waals surface area contributed by atoms with Crippen LogP contribution in [0.25, 0.3) is 0 Å². The number of hydrogen-bond acceptors (Lipinski definition) is 3. The van der Waals surface area contributed by atoms with Crippen molar-refractivity contribution in [1.29, 1.82) is 0 Å². The van der Waals surface area contributed by atoms with E-state index in [-0.39, 0.29) is 11.7 Å². The highest BCUT2D eigenvalue weighted by Gasteiger charge is 2.12. The lowest BCUT2D eigenvalue weighted by Gasteiger charge is -2.09. The fourth-order valence-electron chi connectivity index (χ4n) is 1.30. The van der Waals surface area contributed by atoms with Crippen LogP contribution in [0.15, 0.2) is 23.2 Å². The summed E-state index contributed by atoms with van der Waals surface area (Å²) in [5.74, 6) is -1.18. The molecule has 1 atom stereocenters. The van der Waals surface area contributed by atoms with Crippen LogP contribution in [0.5, 0.6) is 0 Å². The fourth-order valence-corrected chi connectivity index (χ4v) is 1.30. The van der Waals surface area contributed by atoms with Crippen molar-refractivity contribution in [2.45, 2.75) is 6.04 Å². The lowest BCUT2D eigenvalue weighted by molar-refractivity contribution is 0.332. The summed E-state index contributed by atoms with van der Waals surface area (Å²) in [6, 6.07) is 3.41. The van der Waals surface area contributed by atoms with E-state index in [0.29, 0.717) is 13.2 Å². The third-order valence-electron chi connectivity index (χ3n) is 2.09. The van der Waals surface area contributed by atoms with E-state index in [1.165, 1.54) is 18.5 Å². The number of ether oxygens (including phenoxy) is 1. The minimum absolute atomic E-state index is 0.00514. The van der Waals surface area contributed by atoms with Crippen LogP contribution in [-0.2, 0) is 4.74 Å². The molecular formula is C10H10F2N2O. The maximum atomic E-state index is 13.2. The highest BCUT2D eigenvalue weighted by Crippen LogP contribution is 2.15. The molecule has 0 bridgehead atoms. The first-order valence-electron chi connectivity index (χ1n) is 4.58. The fraction of sp³-hybridized carbons (Fsp3) is 0.300. The van der Waals surface area contributed by atoms with Gasteiger partial charge < -0.3 is 10.1 Å². The van der Waals surface area contributed by atoms with Crippen molar-refractivity contribution in [2.24, 2.45) is 4.99 Å². The molecule has 0 aromatic heterocycles. The van der Waals surface area contributed by atoms with Crippen molar-refractivity contribution in [3.05, 3.63) is 29.8 Å². The lowest BCUT2D eigenvalue weighted by atomic mass is 10.2. The number of halogens is 2. The number of anilines is 1. The molecule has 80 valence electrons. The summed E-state index contributed by atoms with van der Waals surface area (Å²) in [7, 11) is 0. The van der Waals surface area contributed by atoms with E-state index in [4.69, 9.17) is 4.74 Å². The number of nitrogens with zero attached hydrogens (tertiary/aromatic N) is 1. The van der Waals surface area contributed by atoms with Crippen LogP contribution < -0.4 is 5.32 Å². The quantitative estimate of drug-likeness (QED) is 0.828. The Morgan fingerprint density at radius 1 is 1.47 bits per heavy atom. The van der Waals surface area contributed by atoms with Gasteiger partial charge in [0.1, 0.15) is 24.3 Å². The Hall–Kier alpha value is -1.65. The van der Waals surface area contributed by atoms with Crippen LogP contribution in [0, 0.1) is 11.6 Å². The summed E-state index contributed by atoms with van der Waals surface area (Å²) in [5, 5.41) is 2.85. The van der Waals surface area contributed by atoms with Gasteiger partial charge in [-0.2, -0.15) is 0 Å². The van der Waals surface area contributed by atoms with Crippen LogP contribution in [0.3, 0.4) is 0 Å². The number of benzene rings is 1. The number of aliphatic imine (C=N–C) groups is 1. The highest BCUT2D eigenvalue weighted by molar-refractivity contribution is 5.50. The molecule has 1 N–H and O–H groups in total. The molecule has 1 aliphatic rings. The van der Waals surface area contributed by atoms with E-state index >= 15 is 0 Å². The second-order valence-electron chi connectivity index (χ2n) is 3.25. The molecular weight excluding hydrogens is 202 g/mol. The molecule has 0 radical (unpaired) electrons. The van der Waals surface area contributed by atoms with Gasteiger partial charge in [0.2, 0.25) is 0 Å². The van der Waals surface area contributed by atoms with Crippen molar-refractivity contribution in [3.63, 3.8) is 0 Å². The molecule has 0 fully saturated rings. The van der Waals surface area contributed by atoms with Crippen LogP contribution in [0.2, 0.25) is 0 Å². The van der Waals surface area contributed by atoms with Gasteiger partial charge in [0, 0.05) is 12.6 Å². The smallest absolute Gasteiger partial charge is 0.169 e. The Balaban J connectivity index is 1.95. The zero-order chi connectivity index (χ0) is 10.7. The average molecular weight is 212 g/mol. The average Bonchev–Trinajstić information content (AvgIpc) is 2.69. The summed E-state index contributed by atoms with van der Waals surface area (Å²) in [4.78, 5) is 3.99. The SMILES string of the molecule is Fc1ccc(NCC2COC=N2)c(F)c1. The van der Waals surface area contributed by atoms with Crippen molar-refractivity contribution >= 4 is 12.1 Å². The highest BCUT2D eigenvalue weighted by atomic mass is 19.1. The zero-order valence-corrected chi connectivity index (χ0v) is 7.91. The second kappa shape index (κ2) is 4.25. The molecule has 0 spiro atoms. The van der Waals surface area contributed by atoms with Gasteiger partial charge in [-0.25, -0.2) is 13.8 Å². The van der Waals surface area contributed by atoms with Gasteiger partial charge in [0.05, 0.1) is 5.69 Å². The van der Waals surface area contributed by atoms with Gasteiger partial charge in [0.25, 0.3) is 0 Å². The van der Waals surface area contributed by atoms with E-state index in [1.807, 2.05) is 0 Å². The summed E-state index contributed by atoms with van der Waals surface area (Å²) in [6.45, 7) is 0.967. The van der Waals surface area contributed by atoms with E-state index in [9.17, 15) is 8.78 Å². The first kappa shape index (κ1) is 9.89. The Kier molecular flexibility index (Phi) is 2.80. The summed E-state index contributed by atoms with van der Waals surface area (Å²) in [5.41, 5.74) is 0.276. The molecule has 1 aromatic carbocycles. The summed E-state index contributed by atoms with van der Waals surface area (Å²) in [6.07, 6.45) is 1.38. The predicted molar refractivity (Wildman–Crippen MR) is 53.1 cm³/mol. The number of rotatable bonds is 3. The molecule has 1 aliphatic heterocycles. The molecule has 15 heavy (non-hydrogen) atoms. The van der Waals surface area contributed by atoms with Crippen molar-refractivity contribution in [2.75, 3.05) is 18.5 Å². The molecule has 1 unspecified atom stereocenters. The molecule has 2 rings (SSSR count).